The number of nitrogens with zero attached hydrogens (tertiary/aromatic N) is 2. The SMILES string of the molecule is O=C(C1C(/C=C/c2ccc3c(c2)OCO3)C(C(=O)N2CCCCC2)C1/C=C/c1ccc2c(c1)OCO2)N1CCCCC1. The number of likely N-dealkylation sites (tertiary alicyclic amines) is 2. The molecule has 0 aromatic heterocycles. The van der Waals surface area contributed by atoms with Gasteiger partial charge in [-0.15, -0.1) is 0 Å². The third-order valence-corrected chi connectivity index (χ3v) is 9.38. The summed E-state index contributed by atoms with van der Waals surface area (Å²) >= 11 is 0. The summed E-state index contributed by atoms with van der Waals surface area (Å²) in [5.74, 6) is 2.28. The molecule has 8 heteroatoms. The average Bonchev–Trinajstić information content (AvgIpc) is 3.70. The Hall–Kier alpha value is -3.94. The van der Waals surface area contributed by atoms with E-state index < -0.39 is 0 Å². The summed E-state index contributed by atoms with van der Waals surface area (Å²) in [6.07, 6.45) is 14.7. The third kappa shape index (κ3) is 5.23. The molecule has 0 unspecified atom stereocenters. The lowest BCUT2D eigenvalue weighted by Crippen LogP contribution is -2.59. The van der Waals surface area contributed by atoms with Gasteiger partial charge in [-0.2, -0.15) is 0 Å². The topological polar surface area (TPSA) is 77.5 Å². The molecule has 1 aliphatic carbocycles. The molecule has 2 aromatic carbocycles. The highest BCUT2D eigenvalue weighted by Gasteiger charge is 2.56. The fraction of sp³-hybridized carbons (Fsp3) is 0.471. The van der Waals surface area contributed by atoms with Crippen molar-refractivity contribution in [3.8, 4) is 23.0 Å². The average molecular weight is 571 g/mol. The number of hydrogen-bond donors (Lipinski definition) is 0. The fourth-order valence-electron chi connectivity index (χ4n) is 7.08. The molecule has 1 saturated carbocycles. The lowest BCUT2D eigenvalue weighted by atomic mass is 9.55. The van der Waals surface area contributed by atoms with Crippen molar-refractivity contribution in [3.63, 3.8) is 0 Å². The number of allylic oxidation sites excluding steroid dienone is 2. The van der Waals surface area contributed by atoms with Crippen LogP contribution in [0.4, 0.5) is 0 Å². The maximum absolute atomic E-state index is 14.1. The normalized spacial score (nSPS) is 26.6. The Morgan fingerprint density at radius 1 is 0.571 bits per heavy atom. The van der Waals surface area contributed by atoms with Crippen molar-refractivity contribution in [2.24, 2.45) is 23.7 Å². The van der Waals surface area contributed by atoms with E-state index in [2.05, 4.69) is 12.2 Å². The van der Waals surface area contributed by atoms with Crippen molar-refractivity contribution in [2.45, 2.75) is 38.5 Å². The van der Waals surface area contributed by atoms with Crippen LogP contribution in [0.3, 0.4) is 0 Å². The minimum Gasteiger partial charge on any atom is -0.454 e. The van der Waals surface area contributed by atoms with Crippen molar-refractivity contribution in [3.05, 3.63) is 59.7 Å². The first-order chi connectivity index (χ1) is 20.7. The van der Waals surface area contributed by atoms with E-state index in [1.54, 1.807) is 0 Å². The molecule has 220 valence electrons. The van der Waals surface area contributed by atoms with Gasteiger partial charge in [-0.25, -0.2) is 0 Å². The number of benzene rings is 2. The smallest absolute Gasteiger partial charge is 0.231 e. The van der Waals surface area contributed by atoms with Crippen molar-refractivity contribution in [1.82, 2.24) is 9.80 Å². The van der Waals surface area contributed by atoms with Crippen LogP contribution in [0.5, 0.6) is 23.0 Å². The van der Waals surface area contributed by atoms with Crippen LogP contribution in [0.1, 0.15) is 49.7 Å². The van der Waals surface area contributed by atoms with Gasteiger partial charge in [0.05, 0.1) is 11.8 Å². The van der Waals surface area contributed by atoms with Gasteiger partial charge in [-0.3, -0.25) is 9.59 Å². The van der Waals surface area contributed by atoms with Crippen LogP contribution in [-0.4, -0.2) is 61.4 Å². The molecule has 3 fully saturated rings. The lowest BCUT2D eigenvalue weighted by molar-refractivity contribution is -0.158. The van der Waals surface area contributed by atoms with E-state index in [1.807, 2.05) is 58.4 Å². The summed E-state index contributed by atoms with van der Waals surface area (Å²) < 4.78 is 22.1. The maximum atomic E-state index is 14.1. The number of amides is 2. The van der Waals surface area contributed by atoms with Gasteiger partial charge in [0.1, 0.15) is 0 Å². The largest absolute Gasteiger partial charge is 0.454 e. The zero-order chi connectivity index (χ0) is 28.5. The molecule has 4 aliphatic heterocycles. The van der Waals surface area contributed by atoms with Crippen LogP contribution in [0, 0.1) is 23.7 Å². The van der Waals surface area contributed by atoms with E-state index in [9.17, 15) is 9.59 Å². The number of hydrogen-bond acceptors (Lipinski definition) is 6. The van der Waals surface area contributed by atoms with Gasteiger partial charge in [0.2, 0.25) is 25.4 Å². The highest BCUT2D eigenvalue weighted by atomic mass is 16.7. The highest BCUT2D eigenvalue weighted by molar-refractivity contribution is 5.89. The Morgan fingerprint density at radius 2 is 0.976 bits per heavy atom. The molecule has 2 aromatic rings. The molecule has 0 N–H and O–H groups in total. The number of carbonyl (C=O) groups is 2. The fourth-order valence-corrected chi connectivity index (χ4v) is 7.08. The second-order valence-electron chi connectivity index (χ2n) is 11.9. The molecule has 8 nitrogen and oxygen atoms in total. The maximum Gasteiger partial charge on any atom is 0.231 e. The van der Waals surface area contributed by atoms with Crippen LogP contribution in [-0.2, 0) is 9.59 Å². The summed E-state index contributed by atoms with van der Waals surface area (Å²) in [4.78, 5) is 32.3. The van der Waals surface area contributed by atoms with Gasteiger partial charge in [0, 0.05) is 38.0 Å². The minimum atomic E-state index is -0.294. The van der Waals surface area contributed by atoms with Gasteiger partial charge >= 0.3 is 0 Å². The van der Waals surface area contributed by atoms with E-state index >= 15 is 0 Å². The van der Waals surface area contributed by atoms with Gasteiger partial charge < -0.3 is 28.7 Å². The third-order valence-electron chi connectivity index (χ3n) is 9.38. The number of rotatable bonds is 6. The van der Waals surface area contributed by atoms with E-state index in [-0.39, 0.29) is 49.1 Å². The molecular weight excluding hydrogens is 532 g/mol. The van der Waals surface area contributed by atoms with Crippen molar-refractivity contribution in [1.29, 1.82) is 0 Å². The summed E-state index contributed by atoms with van der Waals surface area (Å²) in [5, 5.41) is 0. The molecule has 0 spiro atoms. The molecular formula is C34H38N2O6. The molecule has 7 rings (SSSR count). The number of ether oxygens (including phenoxy) is 4. The van der Waals surface area contributed by atoms with Crippen LogP contribution in [0.2, 0.25) is 0 Å². The molecule has 5 aliphatic rings. The van der Waals surface area contributed by atoms with Gasteiger partial charge in [0.25, 0.3) is 0 Å². The Kier molecular flexibility index (Phi) is 7.53. The van der Waals surface area contributed by atoms with Crippen molar-refractivity contribution >= 4 is 24.0 Å². The van der Waals surface area contributed by atoms with E-state index in [0.717, 1.165) is 98.8 Å². The number of carbonyl (C=O) groups excluding carboxylic acids is 2. The first kappa shape index (κ1) is 26.9. The zero-order valence-corrected chi connectivity index (χ0v) is 23.9. The van der Waals surface area contributed by atoms with Crippen LogP contribution >= 0.6 is 0 Å². The van der Waals surface area contributed by atoms with Crippen LogP contribution < -0.4 is 18.9 Å². The van der Waals surface area contributed by atoms with Crippen molar-refractivity contribution < 1.29 is 28.5 Å². The Balaban J connectivity index is 1.21. The molecule has 0 radical (unpaired) electrons. The zero-order valence-electron chi connectivity index (χ0n) is 23.9. The standard InChI is InChI=1S/C34H38N2O6/c37-33(35-15-3-1-4-16-35)31-25(11-7-23-9-13-27-29(19-23)41-21-39-27)32(34(38)36-17-5-2-6-18-36)26(31)12-8-24-10-14-28-30(20-24)42-22-40-28/h7-14,19-20,25-26,31-32H,1-6,15-18,21-22H2/b11-7+,12-8+. The first-order valence-electron chi connectivity index (χ1n) is 15.4. The summed E-state index contributed by atoms with van der Waals surface area (Å²) in [5.41, 5.74) is 1.93. The Morgan fingerprint density at radius 3 is 1.40 bits per heavy atom. The Labute approximate surface area is 246 Å². The van der Waals surface area contributed by atoms with E-state index in [0.29, 0.717) is 0 Å². The van der Waals surface area contributed by atoms with Gasteiger partial charge in [-0.05, 0) is 73.9 Å². The number of fused-ring (bicyclic) bond motifs is 2. The van der Waals surface area contributed by atoms with E-state index in [4.69, 9.17) is 18.9 Å². The van der Waals surface area contributed by atoms with Crippen molar-refractivity contribution in [2.75, 3.05) is 39.8 Å². The molecule has 42 heavy (non-hydrogen) atoms. The second kappa shape index (κ2) is 11.7. The van der Waals surface area contributed by atoms with Gasteiger partial charge in [0.15, 0.2) is 23.0 Å². The summed E-state index contributed by atoms with van der Waals surface area (Å²) in [7, 11) is 0. The lowest BCUT2D eigenvalue weighted by Gasteiger charge is -2.51. The predicted molar refractivity (Wildman–Crippen MR) is 158 cm³/mol. The summed E-state index contributed by atoms with van der Waals surface area (Å²) in [6, 6.07) is 11.7. The predicted octanol–water partition coefficient (Wildman–Crippen LogP) is 5.37. The molecule has 2 amide bonds. The Bertz CT molecular complexity index is 1280. The quantitative estimate of drug-likeness (QED) is 0.465. The number of piperidine rings is 2. The second-order valence-corrected chi connectivity index (χ2v) is 11.9. The minimum absolute atomic E-state index is 0.165. The van der Waals surface area contributed by atoms with Gasteiger partial charge in [-0.1, -0.05) is 36.4 Å². The van der Waals surface area contributed by atoms with E-state index in [1.165, 1.54) is 0 Å². The molecule has 0 bridgehead atoms. The highest BCUT2D eigenvalue weighted by Crippen LogP contribution is 2.51. The molecule has 0 atom stereocenters. The van der Waals surface area contributed by atoms with Crippen LogP contribution in [0.15, 0.2) is 48.6 Å². The molecule has 4 heterocycles. The monoisotopic (exact) mass is 570 g/mol. The summed E-state index contributed by atoms with van der Waals surface area (Å²) in [6.45, 7) is 3.60. The van der Waals surface area contributed by atoms with Crippen LogP contribution in [0.25, 0.3) is 12.2 Å². The molecule has 2 saturated heterocycles. The first-order valence-corrected chi connectivity index (χ1v) is 15.4.